The van der Waals surface area contributed by atoms with Gasteiger partial charge in [-0.3, -0.25) is 4.79 Å². The molecule has 0 N–H and O–H groups in total. The van der Waals surface area contributed by atoms with E-state index < -0.39 is 5.97 Å². The maximum Gasteiger partial charge on any atom is 0.356 e. The summed E-state index contributed by atoms with van der Waals surface area (Å²) in [6.45, 7) is 3.21. The van der Waals surface area contributed by atoms with Crippen LogP contribution in [0.1, 0.15) is 33.5 Å². The molecule has 0 bridgehead atoms. The van der Waals surface area contributed by atoms with Crippen LogP contribution in [0.5, 0.6) is 0 Å². The third-order valence-corrected chi connectivity index (χ3v) is 2.42. The first-order valence-corrected chi connectivity index (χ1v) is 4.99. The average molecular weight is 233 g/mol. The zero-order chi connectivity index (χ0) is 12.6. The summed E-state index contributed by atoms with van der Waals surface area (Å²) in [6.07, 6.45) is 1.44. The molecule has 2 aromatic heterocycles. The summed E-state index contributed by atoms with van der Waals surface area (Å²) in [5, 5.41) is 4.05. The lowest BCUT2D eigenvalue weighted by molar-refractivity contribution is 0.0593. The fourth-order valence-electron chi connectivity index (χ4n) is 1.57. The first-order valence-electron chi connectivity index (χ1n) is 4.99. The van der Waals surface area contributed by atoms with E-state index in [1.54, 1.807) is 13.0 Å². The maximum absolute atomic E-state index is 11.4. The first-order chi connectivity index (χ1) is 8.04. The Balaban J connectivity index is 2.73. The van der Waals surface area contributed by atoms with Crippen molar-refractivity contribution in [2.75, 3.05) is 7.11 Å². The largest absolute Gasteiger partial charge is 0.464 e. The molecular weight excluding hydrogens is 222 g/mol. The number of ether oxygens (including phenoxy) is 1. The Bertz CT molecular complexity index is 616. The van der Waals surface area contributed by atoms with Gasteiger partial charge in [-0.1, -0.05) is 0 Å². The molecule has 88 valence electrons. The normalized spacial score (nSPS) is 10.5. The van der Waals surface area contributed by atoms with E-state index in [0.717, 1.165) is 0 Å². The molecule has 2 aromatic rings. The molecule has 0 aliphatic heterocycles. The third-order valence-electron chi connectivity index (χ3n) is 2.42. The first kappa shape index (κ1) is 11.3. The van der Waals surface area contributed by atoms with E-state index in [-0.39, 0.29) is 11.5 Å². The molecule has 6 heteroatoms. The Kier molecular flexibility index (Phi) is 2.63. The van der Waals surface area contributed by atoms with Gasteiger partial charge in [-0.05, 0) is 19.9 Å². The van der Waals surface area contributed by atoms with Crippen molar-refractivity contribution in [2.45, 2.75) is 13.8 Å². The molecule has 0 saturated heterocycles. The van der Waals surface area contributed by atoms with Gasteiger partial charge in [-0.25, -0.2) is 14.3 Å². The number of carbonyl (C=O) groups is 2. The van der Waals surface area contributed by atoms with Crippen LogP contribution in [0.15, 0.2) is 12.3 Å². The van der Waals surface area contributed by atoms with E-state index in [1.165, 1.54) is 24.7 Å². The predicted octanol–water partition coefficient (Wildman–Crippen LogP) is 1.03. The molecule has 0 aliphatic rings. The van der Waals surface area contributed by atoms with Crippen LogP contribution in [0.25, 0.3) is 5.65 Å². The van der Waals surface area contributed by atoms with E-state index >= 15 is 0 Å². The van der Waals surface area contributed by atoms with Gasteiger partial charge >= 0.3 is 5.97 Å². The van der Waals surface area contributed by atoms with Crippen molar-refractivity contribution in [3.63, 3.8) is 0 Å². The number of carbonyl (C=O) groups excluding carboxylic acids is 2. The minimum atomic E-state index is -0.536. The molecule has 0 aromatic carbocycles. The Morgan fingerprint density at radius 2 is 2.12 bits per heavy atom. The Morgan fingerprint density at radius 1 is 1.41 bits per heavy atom. The second-order valence-corrected chi connectivity index (χ2v) is 3.62. The van der Waals surface area contributed by atoms with Gasteiger partial charge in [0.2, 0.25) is 0 Å². The molecule has 0 fully saturated rings. The highest BCUT2D eigenvalue weighted by Gasteiger charge is 2.15. The summed E-state index contributed by atoms with van der Waals surface area (Å²) >= 11 is 0. The fraction of sp³-hybridized carbons (Fsp3) is 0.273. The second kappa shape index (κ2) is 3.97. The summed E-state index contributed by atoms with van der Waals surface area (Å²) < 4.78 is 6.12. The van der Waals surface area contributed by atoms with E-state index in [1.807, 2.05) is 0 Å². The van der Waals surface area contributed by atoms with Gasteiger partial charge in [0.1, 0.15) is 0 Å². The highest BCUT2D eigenvalue weighted by Crippen LogP contribution is 2.13. The smallest absolute Gasteiger partial charge is 0.356 e. The Hall–Kier alpha value is -2.24. The van der Waals surface area contributed by atoms with E-state index in [2.05, 4.69) is 14.8 Å². The molecule has 0 saturated carbocycles. The maximum atomic E-state index is 11.4. The quantitative estimate of drug-likeness (QED) is 0.572. The van der Waals surface area contributed by atoms with Crippen molar-refractivity contribution in [2.24, 2.45) is 0 Å². The summed E-state index contributed by atoms with van der Waals surface area (Å²) in [6, 6.07) is 1.57. The lowest BCUT2D eigenvalue weighted by atomic mass is 10.2. The van der Waals surface area contributed by atoms with Gasteiger partial charge in [0.25, 0.3) is 0 Å². The monoisotopic (exact) mass is 233 g/mol. The molecule has 0 aliphatic carbocycles. The number of fused-ring (bicyclic) bond motifs is 1. The molecule has 0 radical (unpaired) electrons. The van der Waals surface area contributed by atoms with Gasteiger partial charge in [0, 0.05) is 5.69 Å². The SMILES string of the molecule is COC(=O)c1cc(C)n2ncc(C(C)=O)c2n1. The molecule has 0 amide bonds. The molecule has 2 heterocycles. The molecule has 2 rings (SSSR count). The van der Waals surface area contributed by atoms with Crippen molar-refractivity contribution in [3.05, 3.63) is 29.2 Å². The number of aryl methyl sites for hydroxylation is 1. The van der Waals surface area contributed by atoms with Crippen LogP contribution in [-0.4, -0.2) is 33.5 Å². The Labute approximate surface area is 97.2 Å². The van der Waals surface area contributed by atoms with Gasteiger partial charge in [-0.2, -0.15) is 5.10 Å². The standard InChI is InChI=1S/C11H11N3O3/c1-6-4-9(11(16)17-3)13-10-8(7(2)15)5-12-14(6)10/h4-5H,1-3H3. The zero-order valence-electron chi connectivity index (χ0n) is 9.72. The van der Waals surface area contributed by atoms with Crippen molar-refractivity contribution < 1.29 is 14.3 Å². The van der Waals surface area contributed by atoms with Gasteiger partial charge in [0.15, 0.2) is 17.1 Å². The minimum Gasteiger partial charge on any atom is -0.464 e. The van der Waals surface area contributed by atoms with Crippen LogP contribution >= 0.6 is 0 Å². The summed E-state index contributed by atoms with van der Waals surface area (Å²) in [7, 11) is 1.28. The summed E-state index contributed by atoms with van der Waals surface area (Å²) in [5.74, 6) is -0.680. The van der Waals surface area contributed by atoms with Crippen LogP contribution < -0.4 is 0 Å². The van der Waals surface area contributed by atoms with E-state index in [4.69, 9.17) is 0 Å². The summed E-state index contributed by atoms with van der Waals surface area (Å²) in [5.41, 5.74) is 1.64. The van der Waals surface area contributed by atoms with Crippen LogP contribution in [0, 0.1) is 6.92 Å². The topological polar surface area (TPSA) is 73.6 Å². The number of ketones is 1. The number of methoxy groups -OCH3 is 1. The molecule has 17 heavy (non-hydrogen) atoms. The lowest BCUT2D eigenvalue weighted by Gasteiger charge is -2.03. The minimum absolute atomic E-state index is 0.145. The summed E-state index contributed by atoms with van der Waals surface area (Å²) in [4.78, 5) is 26.9. The van der Waals surface area contributed by atoms with Gasteiger partial charge in [-0.15, -0.1) is 0 Å². The number of esters is 1. The highest BCUT2D eigenvalue weighted by molar-refractivity contribution is 6.00. The number of Topliss-reactive ketones (excluding diaryl/α,β-unsaturated/α-hetero) is 1. The molecular formula is C11H11N3O3. The fourth-order valence-corrected chi connectivity index (χ4v) is 1.57. The van der Waals surface area contributed by atoms with Crippen molar-refractivity contribution >= 4 is 17.4 Å². The van der Waals surface area contributed by atoms with Crippen LogP contribution in [0.3, 0.4) is 0 Å². The number of hydrogen-bond donors (Lipinski definition) is 0. The van der Waals surface area contributed by atoms with Crippen molar-refractivity contribution in [3.8, 4) is 0 Å². The average Bonchev–Trinajstić information content (AvgIpc) is 2.72. The lowest BCUT2D eigenvalue weighted by Crippen LogP contribution is -2.08. The second-order valence-electron chi connectivity index (χ2n) is 3.62. The third kappa shape index (κ3) is 1.77. The number of hydrogen-bond acceptors (Lipinski definition) is 5. The number of nitrogens with zero attached hydrogens (tertiary/aromatic N) is 3. The number of rotatable bonds is 2. The molecule has 6 nitrogen and oxygen atoms in total. The van der Waals surface area contributed by atoms with Crippen LogP contribution in [0.2, 0.25) is 0 Å². The van der Waals surface area contributed by atoms with E-state index in [0.29, 0.717) is 16.9 Å². The van der Waals surface area contributed by atoms with Crippen LogP contribution in [0.4, 0.5) is 0 Å². The molecule has 0 atom stereocenters. The van der Waals surface area contributed by atoms with Crippen molar-refractivity contribution in [1.82, 2.24) is 14.6 Å². The molecule has 0 spiro atoms. The zero-order valence-corrected chi connectivity index (χ0v) is 9.72. The van der Waals surface area contributed by atoms with Gasteiger partial charge in [0.05, 0.1) is 18.9 Å². The number of aromatic nitrogens is 3. The Morgan fingerprint density at radius 3 is 2.71 bits per heavy atom. The van der Waals surface area contributed by atoms with E-state index in [9.17, 15) is 9.59 Å². The van der Waals surface area contributed by atoms with Crippen LogP contribution in [-0.2, 0) is 4.74 Å². The predicted molar refractivity (Wildman–Crippen MR) is 59.1 cm³/mol. The van der Waals surface area contributed by atoms with Crippen molar-refractivity contribution in [1.29, 1.82) is 0 Å². The van der Waals surface area contributed by atoms with Gasteiger partial charge < -0.3 is 4.74 Å². The molecule has 0 unspecified atom stereocenters. The highest BCUT2D eigenvalue weighted by atomic mass is 16.5.